The Morgan fingerprint density at radius 2 is 1.67 bits per heavy atom. The molecule has 7 nitrogen and oxygen atoms in total. The Bertz CT molecular complexity index is 1380. The fraction of sp³-hybridized carbons (Fsp3) is 0.100. The molecule has 152 valence electrons. The normalized spacial score (nSPS) is 12.1. The van der Waals surface area contributed by atoms with E-state index in [9.17, 15) is 22.8 Å². The largest absolute Gasteiger partial charge is 0.433 e. The summed E-state index contributed by atoms with van der Waals surface area (Å²) in [6, 6.07) is 14.4. The minimum absolute atomic E-state index is 0.169. The Balaban J connectivity index is 1.89. The van der Waals surface area contributed by atoms with E-state index in [0.717, 1.165) is 15.6 Å². The number of fused-ring (bicyclic) bond motifs is 1. The first-order valence-corrected chi connectivity index (χ1v) is 8.78. The highest BCUT2D eigenvalue weighted by Gasteiger charge is 2.37. The van der Waals surface area contributed by atoms with Crippen LogP contribution in [0.25, 0.3) is 16.6 Å². The van der Waals surface area contributed by atoms with Crippen molar-refractivity contribution in [2.24, 2.45) is 5.10 Å². The fourth-order valence-corrected chi connectivity index (χ4v) is 3.03. The van der Waals surface area contributed by atoms with Gasteiger partial charge in [0, 0.05) is 0 Å². The van der Waals surface area contributed by atoms with Crippen molar-refractivity contribution in [3.05, 3.63) is 92.4 Å². The summed E-state index contributed by atoms with van der Waals surface area (Å²) in [4.78, 5) is 29.6. The average Bonchev–Trinajstić information content (AvgIpc) is 3.05. The van der Waals surface area contributed by atoms with Crippen LogP contribution in [0, 0.1) is 6.92 Å². The zero-order valence-corrected chi connectivity index (χ0v) is 15.5. The second-order valence-electron chi connectivity index (χ2n) is 6.41. The summed E-state index contributed by atoms with van der Waals surface area (Å²) >= 11 is 0. The Morgan fingerprint density at radius 3 is 2.37 bits per heavy atom. The van der Waals surface area contributed by atoms with E-state index in [0.29, 0.717) is 5.52 Å². The maximum atomic E-state index is 13.5. The predicted octanol–water partition coefficient (Wildman–Crippen LogP) is 3.08. The molecule has 30 heavy (non-hydrogen) atoms. The van der Waals surface area contributed by atoms with Crippen LogP contribution in [-0.4, -0.2) is 25.7 Å². The molecule has 10 heteroatoms. The van der Waals surface area contributed by atoms with Crippen molar-refractivity contribution in [1.29, 1.82) is 0 Å². The summed E-state index contributed by atoms with van der Waals surface area (Å²) in [5.41, 5.74) is -2.81. The first-order chi connectivity index (χ1) is 14.3. The van der Waals surface area contributed by atoms with Gasteiger partial charge in [-0.05, 0) is 31.2 Å². The molecule has 4 aromatic rings. The number of aryl methyl sites for hydroxylation is 1. The van der Waals surface area contributed by atoms with E-state index >= 15 is 0 Å². The number of aromatic nitrogens is 4. The third-order valence-corrected chi connectivity index (χ3v) is 4.44. The molecular weight excluding hydrogens is 399 g/mol. The highest BCUT2D eigenvalue weighted by atomic mass is 19.4. The number of benzene rings is 2. The Kier molecular flexibility index (Phi) is 4.61. The molecule has 0 saturated carbocycles. The Morgan fingerprint density at radius 1 is 1.00 bits per heavy atom. The molecule has 0 spiro atoms. The van der Waals surface area contributed by atoms with Crippen molar-refractivity contribution in [2.75, 3.05) is 0 Å². The standard InChI is InChI=1S/C20H14F3N5O2/c1-12-25-16-10-6-5-9-14(16)18(29)27(12)24-11-15-17(20(21,22)23)26-28(19(15)30)13-7-3-2-4-8-13/h2-11,26H,1H3/b24-11+. The second-order valence-corrected chi connectivity index (χ2v) is 6.41. The zero-order chi connectivity index (χ0) is 21.5. The summed E-state index contributed by atoms with van der Waals surface area (Å²) in [7, 11) is 0. The average molecular weight is 413 g/mol. The van der Waals surface area contributed by atoms with Crippen molar-refractivity contribution < 1.29 is 13.2 Å². The van der Waals surface area contributed by atoms with Gasteiger partial charge in [-0.15, -0.1) is 0 Å². The topological polar surface area (TPSA) is 85.0 Å². The van der Waals surface area contributed by atoms with E-state index in [2.05, 4.69) is 15.2 Å². The molecule has 0 saturated heterocycles. The number of aromatic amines is 1. The summed E-state index contributed by atoms with van der Waals surface area (Å²) in [6.07, 6.45) is -4.10. The van der Waals surface area contributed by atoms with E-state index in [1.165, 1.54) is 25.1 Å². The molecule has 0 aliphatic rings. The minimum atomic E-state index is -4.83. The van der Waals surface area contributed by atoms with Crippen LogP contribution in [0.2, 0.25) is 0 Å². The summed E-state index contributed by atoms with van der Waals surface area (Å²) in [5.74, 6) is 0.169. The number of hydrogen-bond acceptors (Lipinski definition) is 4. The molecular formula is C20H14F3N5O2. The van der Waals surface area contributed by atoms with Crippen LogP contribution >= 0.6 is 0 Å². The lowest BCUT2D eigenvalue weighted by Crippen LogP contribution is -2.22. The number of alkyl halides is 3. The maximum absolute atomic E-state index is 13.5. The highest BCUT2D eigenvalue weighted by molar-refractivity contribution is 5.81. The SMILES string of the molecule is Cc1nc2ccccc2c(=O)n1/N=C/c1c(C(F)(F)F)[nH]n(-c2ccccc2)c1=O. The molecule has 0 bridgehead atoms. The van der Waals surface area contributed by atoms with Gasteiger partial charge in [0.2, 0.25) is 0 Å². The number of rotatable bonds is 3. The van der Waals surface area contributed by atoms with Crippen LogP contribution in [0.5, 0.6) is 0 Å². The van der Waals surface area contributed by atoms with Gasteiger partial charge >= 0.3 is 6.18 Å². The molecule has 1 N–H and O–H groups in total. The number of hydrogen-bond donors (Lipinski definition) is 1. The fourth-order valence-electron chi connectivity index (χ4n) is 3.03. The van der Waals surface area contributed by atoms with Crippen molar-refractivity contribution in [2.45, 2.75) is 13.1 Å². The molecule has 2 aromatic carbocycles. The van der Waals surface area contributed by atoms with Gasteiger partial charge in [-0.2, -0.15) is 22.9 Å². The first kappa shape index (κ1) is 19.4. The van der Waals surface area contributed by atoms with Gasteiger partial charge in [0.25, 0.3) is 11.1 Å². The molecule has 0 fully saturated rings. The number of nitrogens with zero attached hydrogens (tertiary/aromatic N) is 4. The van der Waals surface area contributed by atoms with Crippen molar-refractivity contribution >= 4 is 17.1 Å². The molecule has 4 rings (SSSR count). The van der Waals surface area contributed by atoms with E-state index in [1.54, 1.807) is 36.4 Å². The molecule has 2 aromatic heterocycles. The van der Waals surface area contributed by atoms with Crippen LogP contribution < -0.4 is 11.1 Å². The van der Waals surface area contributed by atoms with Gasteiger partial charge in [0.05, 0.1) is 28.4 Å². The number of nitrogens with one attached hydrogen (secondary N) is 1. The lowest BCUT2D eigenvalue weighted by Gasteiger charge is -2.06. The molecule has 0 amide bonds. The van der Waals surface area contributed by atoms with E-state index in [1.807, 2.05) is 0 Å². The Hall–Kier alpha value is -3.95. The molecule has 2 heterocycles. The van der Waals surface area contributed by atoms with Gasteiger partial charge < -0.3 is 0 Å². The third kappa shape index (κ3) is 3.32. The maximum Gasteiger partial charge on any atom is 0.433 e. The third-order valence-electron chi connectivity index (χ3n) is 4.44. The van der Waals surface area contributed by atoms with Crippen LogP contribution in [-0.2, 0) is 6.18 Å². The van der Waals surface area contributed by atoms with Crippen molar-refractivity contribution in [3.63, 3.8) is 0 Å². The molecule has 0 aliphatic carbocycles. The lowest BCUT2D eigenvalue weighted by molar-refractivity contribution is -0.141. The predicted molar refractivity (Wildman–Crippen MR) is 105 cm³/mol. The van der Waals surface area contributed by atoms with Gasteiger partial charge in [-0.25, -0.2) is 9.67 Å². The van der Waals surface area contributed by atoms with Gasteiger partial charge in [-0.3, -0.25) is 14.7 Å². The van der Waals surface area contributed by atoms with Crippen LogP contribution in [0.4, 0.5) is 13.2 Å². The van der Waals surface area contributed by atoms with E-state index in [-0.39, 0.29) is 16.9 Å². The monoisotopic (exact) mass is 413 g/mol. The molecule has 0 unspecified atom stereocenters. The minimum Gasteiger partial charge on any atom is -0.286 e. The smallest absolute Gasteiger partial charge is 0.286 e. The quantitative estimate of drug-likeness (QED) is 0.524. The van der Waals surface area contributed by atoms with Crippen LogP contribution in [0.3, 0.4) is 0 Å². The molecule has 0 aliphatic heterocycles. The summed E-state index contributed by atoms with van der Waals surface area (Å²) in [5, 5.41) is 6.19. The number of H-pyrrole nitrogens is 1. The Labute approximate surface area is 166 Å². The summed E-state index contributed by atoms with van der Waals surface area (Å²) in [6.45, 7) is 1.50. The van der Waals surface area contributed by atoms with Crippen LogP contribution in [0.1, 0.15) is 17.1 Å². The number of halogens is 3. The summed E-state index contributed by atoms with van der Waals surface area (Å²) < 4.78 is 42.2. The zero-order valence-electron chi connectivity index (χ0n) is 15.5. The van der Waals surface area contributed by atoms with Gasteiger partial charge in [0.15, 0.2) is 5.69 Å². The lowest BCUT2D eigenvalue weighted by atomic mass is 10.2. The van der Waals surface area contributed by atoms with E-state index < -0.39 is 28.6 Å². The van der Waals surface area contributed by atoms with Gasteiger partial charge in [0.1, 0.15) is 5.82 Å². The van der Waals surface area contributed by atoms with Crippen LogP contribution in [0.15, 0.2) is 69.3 Å². The molecule has 0 radical (unpaired) electrons. The highest BCUT2D eigenvalue weighted by Crippen LogP contribution is 2.29. The molecule has 0 atom stereocenters. The van der Waals surface area contributed by atoms with Crippen molar-refractivity contribution in [3.8, 4) is 5.69 Å². The van der Waals surface area contributed by atoms with Gasteiger partial charge in [-0.1, -0.05) is 30.3 Å². The number of para-hydroxylation sites is 2. The van der Waals surface area contributed by atoms with Crippen molar-refractivity contribution in [1.82, 2.24) is 19.4 Å². The van der Waals surface area contributed by atoms with E-state index in [4.69, 9.17) is 0 Å². The first-order valence-electron chi connectivity index (χ1n) is 8.78. The second kappa shape index (κ2) is 7.14.